The monoisotopic (exact) mass is 464 g/mol. The topological polar surface area (TPSA) is 72.2 Å². The molecule has 0 saturated carbocycles. The SMILES string of the molecule is COc1cc(C2C=C(c3ccc(-c4ccccc4)cc3)Nc3nc(C(F)(F)F)nn32)ccc1O. The highest BCUT2D eigenvalue weighted by Gasteiger charge is 2.39. The number of anilines is 1. The molecule has 1 unspecified atom stereocenters. The molecule has 0 aliphatic carbocycles. The molecule has 0 saturated heterocycles. The summed E-state index contributed by atoms with van der Waals surface area (Å²) in [5, 5.41) is 16.6. The summed E-state index contributed by atoms with van der Waals surface area (Å²) in [5.41, 5.74) is 4.02. The van der Waals surface area contributed by atoms with Crippen LogP contribution in [-0.2, 0) is 6.18 Å². The first-order valence-electron chi connectivity index (χ1n) is 10.4. The molecular formula is C25H19F3N4O2. The molecule has 1 atom stereocenters. The van der Waals surface area contributed by atoms with Crippen molar-refractivity contribution in [1.82, 2.24) is 14.8 Å². The van der Waals surface area contributed by atoms with Crippen molar-refractivity contribution in [1.29, 1.82) is 0 Å². The second-order valence-corrected chi connectivity index (χ2v) is 7.73. The number of phenolic OH excluding ortho intramolecular Hbond substituents is 1. The van der Waals surface area contributed by atoms with E-state index in [2.05, 4.69) is 15.4 Å². The van der Waals surface area contributed by atoms with Crippen molar-refractivity contribution in [2.75, 3.05) is 12.4 Å². The molecule has 9 heteroatoms. The molecule has 2 N–H and O–H groups in total. The summed E-state index contributed by atoms with van der Waals surface area (Å²) in [6.07, 6.45) is -2.92. The average molecular weight is 464 g/mol. The van der Waals surface area contributed by atoms with Gasteiger partial charge in [0.25, 0.3) is 5.82 Å². The fourth-order valence-corrected chi connectivity index (χ4v) is 3.87. The van der Waals surface area contributed by atoms with E-state index < -0.39 is 18.0 Å². The largest absolute Gasteiger partial charge is 0.504 e. The number of rotatable bonds is 4. The standard InChI is InChI=1S/C25H19F3N4O2/c1-34-22-13-18(11-12-21(22)33)20-14-19(29-24-30-23(25(26,27)28)31-32(20)24)17-9-7-16(8-10-17)15-5-3-2-4-6-15/h2-14,20,33H,1H3,(H,29,30,31). The number of aromatic hydroxyl groups is 1. The van der Waals surface area contributed by atoms with E-state index in [1.807, 2.05) is 54.6 Å². The molecule has 0 fully saturated rings. The minimum Gasteiger partial charge on any atom is -0.504 e. The molecule has 1 aliphatic heterocycles. The van der Waals surface area contributed by atoms with Crippen LogP contribution in [0.25, 0.3) is 16.8 Å². The van der Waals surface area contributed by atoms with Crippen molar-refractivity contribution in [2.24, 2.45) is 0 Å². The average Bonchev–Trinajstić information content (AvgIpc) is 3.30. The van der Waals surface area contributed by atoms with E-state index in [9.17, 15) is 18.3 Å². The van der Waals surface area contributed by atoms with Crippen LogP contribution in [0.15, 0.2) is 78.9 Å². The number of hydrogen-bond acceptors (Lipinski definition) is 5. The third-order valence-corrected chi connectivity index (χ3v) is 5.57. The highest BCUT2D eigenvalue weighted by molar-refractivity contribution is 5.78. The normalized spacial score (nSPS) is 15.3. The van der Waals surface area contributed by atoms with Gasteiger partial charge in [0.1, 0.15) is 6.04 Å². The van der Waals surface area contributed by atoms with Gasteiger partial charge in [-0.1, -0.05) is 60.7 Å². The molecule has 0 radical (unpaired) electrons. The molecule has 0 amide bonds. The van der Waals surface area contributed by atoms with Crippen LogP contribution in [0, 0.1) is 0 Å². The van der Waals surface area contributed by atoms with Gasteiger partial charge in [-0.3, -0.25) is 0 Å². The fraction of sp³-hybridized carbons (Fsp3) is 0.120. The van der Waals surface area contributed by atoms with Crippen LogP contribution in [0.1, 0.15) is 23.0 Å². The van der Waals surface area contributed by atoms with E-state index >= 15 is 0 Å². The molecule has 3 aromatic carbocycles. The molecule has 4 aromatic rings. The fourth-order valence-electron chi connectivity index (χ4n) is 3.87. The van der Waals surface area contributed by atoms with Crippen LogP contribution < -0.4 is 10.1 Å². The molecule has 172 valence electrons. The zero-order valence-electron chi connectivity index (χ0n) is 17.9. The Hall–Kier alpha value is -4.27. The van der Waals surface area contributed by atoms with Crippen LogP contribution in [0.2, 0.25) is 0 Å². The number of nitrogens with zero attached hydrogens (tertiary/aromatic N) is 3. The van der Waals surface area contributed by atoms with Crippen LogP contribution in [0.5, 0.6) is 11.5 Å². The lowest BCUT2D eigenvalue weighted by atomic mass is 9.99. The number of halogens is 3. The number of fused-ring (bicyclic) bond motifs is 1. The predicted molar refractivity (Wildman–Crippen MR) is 121 cm³/mol. The minimum atomic E-state index is -4.69. The van der Waals surface area contributed by atoms with Gasteiger partial charge in [-0.15, -0.1) is 5.10 Å². The quantitative estimate of drug-likeness (QED) is 0.403. The number of alkyl halides is 3. The number of hydrogen-bond donors (Lipinski definition) is 2. The maximum absolute atomic E-state index is 13.4. The van der Waals surface area contributed by atoms with Gasteiger partial charge in [0, 0.05) is 5.70 Å². The van der Waals surface area contributed by atoms with Crippen molar-refractivity contribution in [2.45, 2.75) is 12.2 Å². The van der Waals surface area contributed by atoms with Crippen molar-refractivity contribution in [3.8, 4) is 22.6 Å². The van der Waals surface area contributed by atoms with Crippen LogP contribution in [0.4, 0.5) is 19.1 Å². The number of methoxy groups -OCH3 is 1. The molecule has 34 heavy (non-hydrogen) atoms. The van der Waals surface area contributed by atoms with E-state index in [4.69, 9.17) is 4.74 Å². The Bertz CT molecular complexity index is 1360. The molecule has 2 heterocycles. The van der Waals surface area contributed by atoms with Gasteiger partial charge in [-0.05, 0) is 40.5 Å². The molecule has 1 aromatic heterocycles. The Morgan fingerprint density at radius 2 is 1.62 bits per heavy atom. The summed E-state index contributed by atoms with van der Waals surface area (Å²) in [6.45, 7) is 0. The Labute approximate surface area is 193 Å². The summed E-state index contributed by atoms with van der Waals surface area (Å²) in [4.78, 5) is 3.69. The summed E-state index contributed by atoms with van der Waals surface area (Å²) >= 11 is 0. The highest BCUT2D eigenvalue weighted by Crippen LogP contribution is 2.38. The van der Waals surface area contributed by atoms with E-state index in [-0.39, 0.29) is 17.4 Å². The molecule has 0 spiro atoms. The zero-order chi connectivity index (χ0) is 23.9. The van der Waals surface area contributed by atoms with Gasteiger partial charge in [0.05, 0.1) is 7.11 Å². The number of nitrogens with one attached hydrogen (secondary N) is 1. The predicted octanol–water partition coefficient (Wildman–Crippen LogP) is 5.73. The summed E-state index contributed by atoms with van der Waals surface area (Å²) < 4.78 is 46.5. The number of benzene rings is 3. The number of allylic oxidation sites excluding steroid dienone is 1. The highest BCUT2D eigenvalue weighted by atomic mass is 19.4. The van der Waals surface area contributed by atoms with Gasteiger partial charge < -0.3 is 15.2 Å². The van der Waals surface area contributed by atoms with Gasteiger partial charge in [0.2, 0.25) is 5.95 Å². The third-order valence-electron chi connectivity index (χ3n) is 5.57. The molecular weight excluding hydrogens is 445 g/mol. The Kier molecular flexibility index (Phi) is 5.24. The van der Waals surface area contributed by atoms with Gasteiger partial charge in [-0.25, -0.2) is 4.68 Å². The first kappa shape index (κ1) is 21.6. The number of aromatic nitrogens is 3. The second kappa shape index (κ2) is 8.26. The van der Waals surface area contributed by atoms with Crippen molar-refractivity contribution in [3.63, 3.8) is 0 Å². The number of ether oxygens (including phenoxy) is 1. The second-order valence-electron chi connectivity index (χ2n) is 7.73. The first-order chi connectivity index (χ1) is 16.3. The van der Waals surface area contributed by atoms with Crippen LogP contribution in [-0.4, -0.2) is 27.0 Å². The summed E-state index contributed by atoms with van der Waals surface area (Å²) in [6, 6.07) is 21.4. The van der Waals surface area contributed by atoms with Gasteiger partial charge in [-0.2, -0.15) is 18.2 Å². The molecule has 5 rings (SSSR count). The van der Waals surface area contributed by atoms with E-state index in [0.29, 0.717) is 11.3 Å². The van der Waals surface area contributed by atoms with Gasteiger partial charge >= 0.3 is 6.18 Å². The van der Waals surface area contributed by atoms with E-state index in [0.717, 1.165) is 16.7 Å². The summed E-state index contributed by atoms with van der Waals surface area (Å²) in [5.74, 6) is -1.14. The smallest absolute Gasteiger partial charge is 0.453 e. The Morgan fingerprint density at radius 1 is 0.941 bits per heavy atom. The Morgan fingerprint density at radius 3 is 2.29 bits per heavy atom. The lowest BCUT2D eigenvalue weighted by molar-refractivity contribution is -0.145. The minimum absolute atomic E-state index is 0.0333. The van der Waals surface area contributed by atoms with Crippen LogP contribution >= 0.6 is 0 Å². The summed E-state index contributed by atoms with van der Waals surface area (Å²) in [7, 11) is 1.40. The molecule has 0 bridgehead atoms. The lowest BCUT2D eigenvalue weighted by Crippen LogP contribution is -2.20. The maximum atomic E-state index is 13.4. The van der Waals surface area contributed by atoms with Crippen molar-refractivity contribution >= 4 is 11.6 Å². The molecule has 6 nitrogen and oxygen atoms in total. The Balaban J connectivity index is 1.58. The van der Waals surface area contributed by atoms with E-state index in [1.54, 1.807) is 18.2 Å². The zero-order valence-corrected chi connectivity index (χ0v) is 17.9. The van der Waals surface area contributed by atoms with E-state index in [1.165, 1.54) is 17.9 Å². The maximum Gasteiger partial charge on any atom is 0.453 e. The first-order valence-corrected chi connectivity index (χ1v) is 10.4. The van der Waals surface area contributed by atoms with Crippen molar-refractivity contribution < 1.29 is 23.0 Å². The molecule has 1 aliphatic rings. The number of phenols is 1. The third kappa shape index (κ3) is 3.96. The van der Waals surface area contributed by atoms with Crippen molar-refractivity contribution in [3.05, 3.63) is 95.8 Å². The van der Waals surface area contributed by atoms with Gasteiger partial charge in [0.15, 0.2) is 11.5 Å². The van der Waals surface area contributed by atoms with Crippen LogP contribution in [0.3, 0.4) is 0 Å². The lowest BCUT2D eigenvalue weighted by Gasteiger charge is -2.25.